The molecule has 2 aromatic carbocycles. The first-order valence-electron chi connectivity index (χ1n) is 10.5. The lowest BCUT2D eigenvalue weighted by Crippen LogP contribution is -2.12. The van der Waals surface area contributed by atoms with Crippen LogP contribution >= 0.6 is 11.3 Å². The van der Waals surface area contributed by atoms with E-state index in [1.165, 1.54) is 11.3 Å². The van der Waals surface area contributed by atoms with E-state index < -0.39 is 0 Å². The summed E-state index contributed by atoms with van der Waals surface area (Å²) in [4.78, 5) is 21.3. The molecule has 0 aliphatic rings. The summed E-state index contributed by atoms with van der Waals surface area (Å²) in [5.41, 5.74) is 3.57. The average Bonchev–Trinajstić information content (AvgIpc) is 3.48. The van der Waals surface area contributed by atoms with Crippen molar-refractivity contribution >= 4 is 22.4 Å². The predicted molar refractivity (Wildman–Crippen MR) is 127 cm³/mol. The summed E-state index contributed by atoms with van der Waals surface area (Å²) in [5.74, 6) is 2.23. The number of nitrogens with zero attached hydrogens (tertiary/aromatic N) is 3. The van der Waals surface area contributed by atoms with Crippen molar-refractivity contribution in [3.8, 4) is 34.1 Å². The standard InChI is InChI=1S/C24H24N4O4S/c1-4-31-17-8-6-16(7-9-17)23-27-22(32-28-23)12-11-21(29)26-24-25-19(14-33-24)18-13-15(2)5-10-20(18)30-3/h5-10,13-14H,4,11-12H2,1-3H3,(H,25,26,29). The van der Waals surface area contributed by atoms with Crippen LogP contribution < -0.4 is 14.8 Å². The van der Waals surface area contributed by atoms with Gasteiger partial charge in [0.05, 0.1) is 19.4 Å². The molecule has 0 saturated heterocycles. The fourth-order valence-electron chi connectivity index (χ4n) is 3.22. The number of carbonyl (C=O) groups is 1. The van der Waals surface area contributed by atoms with Crippen molar-refractivity contribution in [1.29, 1.82) is 0 Å². The maximum absolute atomic E-state index is 12.4. The number of rotatable bonds is 9. The van der Waals surface area contributed by atoms with E-state index in [0.29, 0.717) is 29.9 Å². The summed E-state index contributed by atoms with van der Waals surface area (Å²) in [6.45, 7) is 4.55. The van der Waals surface area contributed by atoms with E-state index >= 15 is 0 Å². The summed E-state index contributed by atoms with van der Waals surface area (Å²) in [5, 5.41) is 9.26. The number of aryl methyl sites for hydroxylation is 2. The highest BCUT2D eigenvalue weighted by molar-refractivity contribution is 7.14. The van der Waals surface area contributed by atoms with Crippen molar-refractivity contribution in [3.63, 3.8) is 0 Å². The minimum Gasteiger partial charge on any atom is -0.496 e. The van der Waals surface area contributed by atoms with Gasteiger partial charge in [-0.05, 0) is 50.2 Å². The maximum atomic E-state index is 12.4. The first-order valence-corrected chi connectivity index (χ1v) is 11.4. The third-order valence-corrected chi connectivity index (χ3v) is 5.60. The molecule has 170 valence electrons. The molecule has 4 aromatic rings. The van der Waals surface area contributed by atoms with Crippen molar-refractivity contribution in [2.45, 2.75) is 26.7 Å². The third-order valence-electron chi connectivity index (χ3n) is 4.84. The number of aromatic nitrogens is 3. The van der Waals surface area contributed by atoms with Gasteiger partial charge in [0.2, 0.25) is 17.6 Å². The molecule has 1 amide bonds. The summed E-state index contributed by atoms with van der Waals surface area (Å²) in [6, 6.07) is 13.4. The van der Waals surface area contributed by atoms with Gasteiger partial charge in [-0.25, -0.2) is 4.98 Å². The first-order chi connectivity index (χ1) is 16.1. The fraction of sp³-hybridized carbons (Fsp3) is 0.250. The molecule has 33 heavy (non-hydrogen) atoms. The van der Waals surface area contributed by atoms with Gasteiger partial charge >= 0.3 is 0 Å². The van der Waals surface area contributed by atoms with Gasteiger partial charge < -0.3 is 19.3 Å². The molecule has 0 fully saturated rings. The van der Waals surface area contributed by atoms with Crippen LogP contribution in [0.2, 0.25) is 0 Å². The Labute approximate surface area is 195 Å². The van der Waals surface area contributed by atoms with Crippen molar-refractivity contribution in [3.05, 3.63) is 59.3 Å². The van der Waals surface area contributed by atoms with Crippen LogP contribution in [0.3, 0.4) is 0 Å². The predicted octanol–water partition coefficient (Wildman–Crippen LogP) is 5.15. The largest absolute Gasteiger partial charge is 0.496 e. The molecule has 0 atom stereocenters. The molecule has 9 heteroatoms. The summed E-state index contributed by atoms with van der Waals surface area (Å²) < 4.78 is 16.2. The highest BCUT2D eigenvalue weighted by Gasteiger charge is 2.14. The molecular weight excluding hydrogens is 440 g/mol. The van der Waals surface area contributed by atoms with Crippen LogP contribution in [0.4, 0.5) is 5.13 Å². The number of hydrogen-bond donors (Lipinski definition) is 1. The second-order valence-electron chi connectivity index (χ2n) is 7.26. The molecule has 8 nitrogen and oxygen atoms in total. The molecule has 4 rings (SSSR count). The Hall–Kier alpha value is -3.72. The summed E-state index contributed by atoms with van der Waals surface area (Å²) >= 11 is 1.37. The smallest absolute Gasteiger partial charge is 0.227 e. The summed E-state index contributed by atoms with van der Waals surface area (Å²) in [7, 11) is 1.63. The molecule has 1 N–H and O–H groups in total. The van der Waals surface area contributed by atoms with Gasteiger partial charge in [-0.3, -0.25) is 4.79 Å². The van der Waals surface area contributed by atoms with Gasteiger partial charge in [0.15, 0.2) is 5.13 Å². The Morgan fingerprint density at radius 3 is 2.73 bits per heavy atom. The molecule has 0 unspecified atom stereocenters. The number of benzene rings is 2. The average molecular weight is 465 g/mol. The molecule has 2 aromatic heterocycles. The van der Waals surface area contributed by atoms with Crippen LogP contribution in [0.1, 0.15) is 24.8 Å². The van der Waals surface area contributed by atoms with Gasteiger partial charge in [0.1, 0.15) is 11.5 Å². The van der Waals surface area contributed by atoms with Crippen LogP contribution in [-0.2, 0) is 11.2 Å². The first kappa shape index (κ1) is 22.5. The van der Waals surface area contributed by atoms with Crippen molar-refractivity contribution < 1.29 is 18.8 Å². The molecular formula is C24H24N4O4S. The van der Waals surface area contributed by atoms with E-state index in [0.717, 1.165) is 33.9 Å². The number of nitrogens with one attached hydrogen (secondary N) is 1. The van der Waals surface area contributed by atoms with Gasteiger partial charge in [-0.1, -0.05) is 16.8 Å². The SMILES string of the molecule is CCOc1ccc(-c2noc(CCC(=O)Nc3nc(-c4cc(C)ccc4OC)cs3)n2)cc1. The molecule has 0 aliphatic carbocycles. The Kier molecular flexibility index (Phi) is 6.99. The zero-order chi connectivity index (χ0) is 23.2. The second-order valence-corrected chi connectivity index (χ2v) is 8.12. The zero-order valence-electron chi connectivity index (χ0n) is 18.6. The molecule has 0 aliphatic heterocycles. The Balaban J connectivity index is 1.34. The lowest BCUT2D eigenvalue weighted by Gasteiger charge is -2.07. The van der Waals surface area contributed by atoms with Crippen LogP contribution in [0, 0.1) is 6.92 Å². The van der Waals surface area contributed by atoms with Crippen LogP contribution in [-0.4, -0.2) is 34.7 Å². The van der Waals surface area contributed by atoms with E-state index in [2.05, 4.69) is 20.4 Å². The van der Waals surface area contributed by atoms with E-state index in [-0.39, 0.29) is 12.3 Å². The number of amides is 1. The number of methoxy groups -OCH3 is 1. The Morgan fingerprint density at radius 2 is 1.97 bits per heavy atom. The van der Waals surface area contributed by atoms with Gasteiger partial charge in [0, 0.05) is 29.3 Å². The number of carbonyl (C=O) groups excluding carboxylic acids is 1. The highest BCUT2D eigenvalue weighted by atomic mass is 32.1. The van der Waals surface area contributed by atoms with Gasteiger partial charge in [0.25, 0.3) is 0 Å². The van der Waals surface area contributed by atoms with E-state index in [1.54, 1.807) is 7.11 Å². The van der Waals surface area contributed by atoms with Crippen LogP contribution in [0.25, 0.3) is 22.6 Å². The Bertz CT molecular complexity index is 1230. The van der Waals surface area contributed by atoms with Crippen LogP contribution in [0.5, 0.6) is 11.5 Å². The van der Waals surface area contributed by atoms with Gasteiger partial charge in [-0.2, -0.15) is 4.98 Å². The second kappa shape index (κ2) is 10.3. The molecule has 0 radical (unpaired) electrons. The molecule has 0 spiro atoms. The molecule has 0 bridgehead atoms. The minimum absolute atomic E-state index is 0.173. The monoisotopic (exact) mass is 464 g/mol. The number of thiazole rings is 1. The molecule has 0 saturated carbocycles. The maximum Gasteiger partial charge on any atom is 0.227 e. The fourth-order valence-corrected chi connectivity index (χ4v) is 3.95. The minimum atomic E-state index is -0.173. The lowest BCUT2D eigenvalue weighted by molar-refractivity contribution is -0.116. The van der Waals surface area contributed by atoms with Crippen molar-refractivity contribution in [1.82, 2.24) is 15.1 Å². The number of hydrogen-bond acceptors (Lipinski definition) is 8. The van der Waals surface area contributed by atoms with E-state index in [9.17, 15) is 4.79 Å². The quantitative estimate of drug-likeness (QED) is 0.366. The van der Waals surface area contributed by atoms with E-state index in [4.69, 9.17) is 14.0 Å². The number of anilines is 1. The van der Waals surface area contributed by atoms with Crippen LogP contribution in [0.15, 0.2) is 52.4 Å². The third kappa shape index (κ3) is 5.56. The van der Waals surface area contributed by atoms with Crippen molar-refractivity contribution in [2.24, 2.45) is 0 Å². The summed E-state index contributed by atoms with van der Waals surface area (Å²) in [6.07, 6.45) is 0.535. The normalized spacial score (nSPS) is 10.8. The lowest BCUT2D eigenvalue weighted by atomic mass is 10.1. The topological polar surface area (TPSA) is 99.4 Å². The highest BCUT2D eigenvalue weighted by Crippen LogP contribution is 2.33. The molecule has 2 heterocycles. The van der Waals surface area contributed by atoms with Gasteiger partial charge in [-0.15, -0.1) is 11.3 Å². The Morgan fingerprint density at radius 1 is 1.15 bits per heavy atom. The van der Waals surface area contributed by atoms with Crippen molar-refractivity contribution in [2.75, 3.05) is 19.0 Å². The number of ether oxygens (including phenoxy) is 2. The van der Waals surface area contributed by atoms with E-state index in [1.807, 2.05) is 61.7 Å². The zero-order valence-corrected chi connectivity index (χ0v) is 19.4.